The predicted molar refractivity (Wildman–Crippen MR) is 56.4 cm³/mol. The van der Waals surface area contributed by atoms with Gasteiger partial charge in [-0.2, -0.15) is 0 Å². The second kappa shape index (κ2) is 5.40. The lowest BCUT2D eigenvalue weighted by molar-refractivity contribution is -0.274. The highest BCUT2D eigenvalue weighted by atomic mass is 127. The summed E-state index contributed by atoms with van der Waals surface area (Å²) < 4.78 is 38.7. The van der Waals surface area contributed by atoms with Crippen LogP contribution in [0.4, 0.5) is 13.2 Å². The van der Waals surface area contributed by atoms with Crippen molar-refractivity contribution in [2.45, 2.75) is 12.9 Å². The molecule has 1 rings (SSSR count). The first-order valence-electron chi connectivity index (χ1n) is 3.56. The van der Waals surface area contributed by atoms with Crippen LogP contribution in [0.15, 0.2) is 24.3 Å². The molecule has 1 aromatic rings. The van der Waals surface area contributed by atoms with Gasteiger partial charge < -0.3 is 10.5 Å². The van der Waals surface area contributed by atoms with Crippen LogP contribution in [-0.2, 0) is 6.54 Å². The molecule has 6 heteroatoms. The van der Waals surface area contributed by atoms with E-state index in [4.69, 9.17) is 5.73 Å². The number of ether oxygens (including phenoxy) is 1. The van der Waals surface area contributed by atoms with Crippen molar-refractivity contribution in [2.75, 3.05) is 0 Å². The molecule has 2 N–H and O–H groups in total. The molecule has 2 nitrogen and oxygen atoms in total. The second-order valence-electron chi connectivity index (χ2n) is 2.40. The summed E-state index contributed by atoms with van der Waals surface area (Å²) in [7, 11) is 0. The van der Waals surface area contributed by atoms with Crippen molar-refractivity contribution in [2.24, 2.45) is 5.73 Å². The van der Waals surface area contributed by atoms with Gasteiger partial charge in [-0.1, -0.05) is 12.1 Å². The molecule has 14 heavy (non-hydrogen) atoms. The Morgan fingerprint density at radius 2 is 1.64 bits per heavy atom. The lowest BCUT2D eigenvalue weighted by atomic mass is 10.2. The van der Waals surface area contributed by atoms with Crippen LogP contribution in [0.5, 0.6) is 5.75 Å². The van der Waals surface area contributed by atoms with E-state index in [1.165, 1.54) is 24.3 Å². The lowest BCUT2D eigenvalue weighted by Crippen LogP contribution is -2.17. The maximum Gasteiger partial charge on any atom is 0.573 e. The van der Waals surface area contributed by atoms with Gasteiger partial charge in [0, 0.05) is 6.54 Å². The molecule has 80 valence electrons. The minimum absolute atomic E-state index is 0. The summed E-state index contributed by atoms with van der Waals surface area (Å²) in [6.45, 7) is 0.298. The normalized spacial score (nSPS) is 10.6. The average Bonchev–Trinajstić information content (AvgIpc) is 2.03. The zero-order chi connectivity index (χ0) is 9.90. The van der Waals surface area contributed by atoms with E-state index in [0.29, 0.717) is 6.54 Å². The van der Waals surface area contributed by atoms with Gasteiger partial charge in [0.15, 0.2) is 0 Å². The number of rotatable bonds is 2. The van der Waals surface area contributed by atoms with Crippen LogP contribution in [0.25, 0.3) is 0 Å². The van der Waals surface area contributed by atoms with Crippen molar-refractivity contribution in [3.63, 3.8) is 0 Å². The van der Waals surface area contributed by atoms with Gasteiger partial charge in [0.1, 0.15) is 5.75 Å². The first-order valence-corrected chi connectivity index (χ1v) is 3.56. The van der Waals surface area contributed by atoms with Crippen molar-refractivity contribution in [3.05, 3.63) is 29.8 Å². The average molecular weight is 319 g/mol. The molecule has 0 atom stereocenters. The molecule has 0 unspecified atom stereocenters. The first-order chi connectivity index (χ1) is 6.01. The molecule has 0 bridgehead atoms. The fourth-order valence-corrected chi connectivity index (χ4v) is 0.827. The van der Waals surface area contributed by atoms with Crippen molar-refractivity contribution >= 4 is 24.0 Å². The molecule has 0 heterocycles. The van der Waals surface area contributed by atoms with Gasteiger partial charge in [-0.3, -0.25) is 0 Å². The molecule has 1 aromatic carbocycles. The Balaban J connectivity index is 0.00000169. The minimum Gasteiger partial charge on any atom is -0.406 e. The second-order valence-corrected chi connectivity index (χ2v) is 2.40. The first kappa shape index (κ1) is 13.5. The summed E-state index contributed by atoms with van der Waals surface area (Å²) in [5.74, 6) is -0.232. The third-order valence-electron chi connectivity index (χ3n) is 1.39. The van der Waals surface area contributed by atoms with Crippen LogP contribution in [-0.4, -0.2) is 6.36 Å². The highest BCUT2D eigenvalue weighted by molar-refractivity contribution is 14.0. The predicted octanol–water partition coefficient (Wildman–Crippen LogP) is 2.66. The van der Waals surface area contributed by atoms with Gasteiger partial charge in [0.2, 0.25) is 0 Å². The van der Waals surface area contributed by atoms with Crippen molar-refractivity contribution < 1.29 is 17.9 Å². The maximum atomic E-state index is 11.7. The molecular weight excluding hydrogens is 310 g/mol. The monoisotopic (exact) mass is 319 g/mol. The standard InChI is InChI=1S/C8H8F3NO.HI/c9-8(10,11)13-7-3-1-6(5-12)2-4-7;/h1-4H,5,12H2;1H. The van der Waals surface area contributed by atoms with Gasteiger partial charge in [0.25, 0.3) is 0 Å². The van der Waals surface area contributed by atoms with Crippen LogP contribution < -0.4 is 10.5 Å². The van der Waals surface area contributed by atoms with E-state index in [1.807, 2.05) is 0 Å². The largest absolute Gasteiger partial charge is 0.573 e. The van der Waals surface area contributed by atoms with E-state index in [9.17, 15) is 13.2 Å². The van der Waals surface area contributed by atoms with Gasteiger partial charge in [0.05, 0.1) is 0 Å². The Morgan fingerprint density at radius 1 is 1.14 bits per heavy atom. The number of alkyl halides is 3. The molecule has 0 saturated carbocycles. The summed E-state index contributed by atoms with van der Waals surface area (Å²) in [6, 6.07) is 5.44. The number of nitrogens with two attached hydrogens (primary N) is 1. The molecule has 0 radical (unpaired) electrons. The number of halogens is 4. The number of hydrogen-bond donors (Lipinski definition) is 1. The Kier molecular flexibility index (Phi) is 5.21. The van der Waals surface area contributed by atoms with E-state index >= 15 is 0 Å². The van der Waals surface area contributed by atoms with Gasteiger partial charge in [-0.25, -0.2) is 0 Å². The van der Waals surface area contributed by atoms with Crippen molar-refractivity contribution in [1.29, 1.82) is 0 Å². The van der Waals surface area contributed by atoms with Crippen molar-refractivity contribution in [1.82, 2.24) is 0 Å². The summed E-state index contributed by atoms with van der Waals surface area (Å²) in [5.41, 5.74) is 6.02. The minimum atomic E-state index is -4.63. The Hall–Kier alpha value is -0.500. The summed E-state index contributed by atoms with van der Waals surface area (Å²) in [6.07, 6.45) is -4.63. The molecule has 0 aliphatic carbocycles. The van der Waals surface area contributed by atoms with E-state index in [-0.39, 0.29) is 29.7 Å². The molecule has 0 aliphatic rings. The Labute approximate surface area is 96.3 Å². The summed E-state index contributed by atoms with van der Waals surface area (Å²) >= 11 is 0. The van der Waals surface area contributed by atoms with E-state index < -0.39 is 6.36 Å². The zero-order valence-electron chi connectivity index (χ0n) is 7.04. The third kappa shape index (κ3) is 4.66. The molecule has 0 saturated heterocycles. The molecule has 0 fully saturated rings. The third-order valence-corrected chi connectivity index (χ3v) is 1.39. The molecular formula is C8H9F3INO. The van der Waals surface area contributed by atoms with Crippen LogP contribution in [0, 0.1) is 0 Å². The van der Waals surface area contributed by atoms with Gasteiger partial charge >= 0.3 is 6.36 Å². The Bertz CT molecular complexity index is 273. The molecule has 0 aromatic heterocycles. The van der Waals surface area contributed by atoms with Crippen LogP contribution in [0.1, 0.15) is 5.56 Å². The van der Waals surface area contributed by atoms with Crippen LogP contribution in [0.2, 0.25) is 0 Å². The highest BCUT2D eigenvalue weighted by Crippen LogP contribution is 2.22. The zero-order valence-corrected chi connectivity index (χ0v) is 9.37. The maximum absolute atomic E-state index is 11.7. The fraction of sp³-hybridized carbons (Fsp3) is 0.250. The topological polar surface area (TPSA) is 35.2 Å². The highest BCUT2D eigenvalue weighted by Gasteiger charge is 2.30. The van der Waals surface area contributed by atoms with Crippen molar-refractivity contribution in [3.8, 4) is 5.75 Å². The molecule has 0 spiro atoms. The summed E-state index contributed by atoms with van der Waals surface area (Å²) in [4.78, 5) is 0. The molecule has 0 amide bonds. The van der Waals surface area contributed by atoms with Crippen LogP contribution in [0.3, 0.4) is 0 Å². The van der Waals surface area contributed by atoms with E-state index in [2.05, 4.69) is 4.74 Å². The van der Waals surface area contributed by atoms with Gasteiger partial charge in [-0.05, 0) is 17.7 Å². The smallest absolute Gasteiger partial charge is 0.406 e. The fourth-order valence-electron chi connectivity index (χ4n) is 0.827. The quantitative estimate of drug-likeness (QED) is 0.851. The number of hydrogen-bond acceptors (Lipinski definition) is 2. The van der Waals surface area contributed by atoms with E-state index in [1.54, 1.807) is 0 Å². The van der Waals surface area contributed by atoms with Crippen LogP contribution >= 0.6 is 24.0 Å². The van der Waals surface area contributed by atoms with Gasteiger partial charge in [-0.15, -0.1) is 37.1 Å². The Morgan fingerprint density at radius 3 is 2.00 bits per heavy atom. The molecule has 0 aliphatic heterocycles. The lowest BCUT2D eigenvalue weighted by Gasteiger charge is -2.08. The summed E-state index contributed by atoms with van der Waals surface area (Å²) in [5, 5.41) is 0. The SMILES string of the molecule is I.NCc1ccc(OC(F)(F)F)cc1. The van der Waals surface area contributed by atoms with E-state index in [0.717, 1.165) is 5.56 Å². The number of benzene rings is 1.